The molecule has 6 nitrogen and oxygen atoms in total. The van der Waals surface area contributed by atoms with Gasteiger partial charge in [0, 0.05) is 50.3 Å². The van der Waals surface area contributed by atoms with E-state index in [0.717, 1.165) is 60.7 Å². The fourth-order valence-corrected chi connectivity index (χ4v) is 6.20. The second-order valence-electron chi connectivity index (χ2n) is 9.01. The van der Waals surface area contributed by atoms with Crippen molar-refractivity contribution in [3.8, 4) is 61.3 Å². The van der Waals surface area contributed by atoms with Crippen LogP contribution in [0.5, 0.6) is 17.2 Å². The van der Waals surface area contributed by atoms with Gasteiger partial charge in [0.25, 0.3) is 0 Å². The Bertz CT molecular complexity index is 1870. The largest absolute Gasteiger partial charge is 0.496 e. The van der Waals surface area contributed by atoms with Crippen molar-refractivity contribution in [1.29, 1.82) is 0 Å². The molecule has 1 aliphatic rings. The van der Waals surface area contributed by atoms with Gasteiger partial charge in [-0.15, -0.1) is 11.3 Å². The molecular formula is C32H22N3O3S2. The number of ether oxygens (including phenoxy) is 3. The van der Waals surface area contributed by atoms with Crippen LogP contribution in [0.2, 0.25) is 0 Å². The van der Waals surface area contributed by atoms with Crippen molar-refractivity contribution in [3.63, 3.8) is 0 Å². The molecule has 0 spiro atoms. The highest BCUT2D eigenvalue weighted by Crippen LogP contribution is 2.50. The molecule has 0 unspecified atom stereocenters. The number of para-hydroxylation sites is 2. The minimum absolute atomic E-state index is 0.148. The molecular weight excluding hydrogens is 539 g/mol. The molecule has 0 bridgehead atoms. The fraction of sp³-hybridized carbons (Fsp3) is 0.0938. The summed E-state index contributed by atoms with van der Waals surface area (Å²) in [6.07, 6.45) is 3.73. The first kappa shape index (κ1) is 24.6. The van der Waals surface area contributed by atoms with Crippen LogP contribution in [0.15, 0.2) is 89.5 Å². The summed E-state index contributed by atoms with van der Waals surface area (Å²) in [7, 11) is 1.70. The van der Waals surface area contributed by atoms with Crippen molar-refractivity contribution in [1.82, 2.24) is 15.0 Å². The SMILES string of the molecule is COc1ccccc1-c1c(-c2cccs2)c(-c2cc3c(c(-c4ccnc(SC)n4)c2)OCO3)nc2[c]cccc12. The van der Waals surface area contributed by atoms with Crippen LogP contribution >= 0.6 is 23.1 Å². The normalized spacial score (nSPS) is 12.2. The Labute approximate surface area is 239 Å². The maximum Gasteiger partial charge on any atom is 0.231 e. The predicted octanol–water partition coefficient (Wildman–Crippen LogP) is 8.01. The monoisotopic (exact) mass is 560 g/mol. The third-order valence-electron chi connectivity index (χ3n) is 6.80. The second-order valence-corrected chi connectivity index (χ2v) is 10.7. The second kappa shape index (κ2) is 10.3. The highest BCUT2D eigenvalue weighted by Gasteiger charge is 2.26. The summed E-state index contributed by atoms with van der Waals surface area (Å²) < 4.78 is 17.7. The van der Waals surface area contributed by atoms with Crippen LogP contribution in [0, 0.1) is 6.07 Å². The number of hydrogen-bond donors (Lipinski definition) is 0. The van der Waals surface area contributed by atoms with Gasteiger partial charge in [0.15, 0.2) is 16.7 Å². The van der Waals surface area contributed by atoms with Crippen LogP contribution in [0.4, 0.5) is 0 Å². The van der Waals surface area contributed by atoms with Crippen molar-refractivity contribution >= 4 is 34.0 Å². The lowest BCUT2D eigenvalue weighted by molar-refractivity contribution is 0.174. The number of thiophene rings is 1. The average molecular weight is 561 g/mol. The molecule has 8 heteroatoms. The first-order valence-electron chi connectivity index (χ1n) is 12.6. The van der Waals surface area contributed by atoms with E-state index < -0.39 is 0 Å². The number of methoxy groups -OCH3 is 1. The average Bonchev–Trinajstić information content (AvgIpc) is 3.72. The first-order valence-corrected chi connectivity index (χ1v) is 14.7. The zero-order valence-electron chi connectivity index (χ0n) is 21.7. The summed E-state index contributed by atoms with van der Waals surface area (Å²) in [5, 5.41) is 3.77. The number of pyridine rings is 1. The highest BCUT2D eigenvalue weighted by atomic mass is 32.2. The Hall–Kier alpha value is -4.40. The number of fused-ring (bicyclic) bond motifs is 2. The molecule has 0 fully saturated rings. The molecule has 4 heterocycles. The molecule has 0 saturated heterocycles. The van der Waals surface area contributed by atoms with Crippen LogP contribution < -0.4 is 14.2 Å². The molecule has 0 N–H and O–H groups in total. The third-order valence-corrected chi connectivity index (χ3v) is 8.25. The fourth-order valence-electron chi connectivity index (χ4n) is 5.07. The zero-order chi connectivity index (χ0) is 27.1. The molecule has 3 aromatic carbocycles. The molecule has 0 aliphatic carbocycles. The molecule has 3 aromatic heterocycles. The minimum Gasteiger partial charge on any atom is -0.496 e. The number of benzene rings is 3. The van der Waals surface area contributed by atoms with Gasteiger partial charge in [-0.3, -0.25) is 0 Å². The Morgan fingerprint density at radius 2 is 1.88 bits per heavy atom. The minimum atomic E-state index is 0.148. The first-order chi connectivity index (χ1) is 19.7. The van der Waals surface area contributed by atoms with Gasteiger partial charge in [0.2, 0.25) is 6.79 Å². The van der Waals surface area contributed by atoms with Crippen molar-refractivity contribution in [2.45, 2.75) is 5.16 Å². The topological polar surface area (TPSA) is 66.4 Å². The van der Waals surface area contributed by atoms with Crippen molar-refractivity contribution in [3.05, 3.63) is 90.4 Å². The van der Waals surface area contributed by atoms with E-state index in [1.807, 2.05) is 48.7 Å². The molecule has 7 rings (SSSR count). The van der Waals surface area contributed by atoms with Gasteiger partial charge in [-0.2, -0.15) is 0 Å². The van der Waals surface area contributed by atoms with E-state index >= 15 is 0 Å². The van der Waals surface area contributed by atoms with E-state index in [0.29, 0.717) is 16.7 Å². The van der Waals surface area contributed by atoms with Crippen LogP contribution in [0.3, 0.4) is 0 Å². The maximum absolute atomic E-state index is 5.92. The van der Waals surface area contributed by atoms with Gasteiger partial charge in [0.1, 0.15) is 5.75 Å². The van der Waals surface area contributed by atoms with E-state index in [9.17, 15) is 0 Å². The van der Waals surface area contributed by atoms with Crippen molar-refractivity contribution in [2.24, 2.45) is 0 Å². The van der Waals surface area contributed by atoms with Crippen molar-refractivity contribution in [2.75, 3.05) is 20.2 Å². The summed E-state index contributed by atoms with van der Waals surface area (Å²) in [6, 6.07) is 27.6. The highest BCUT2D eigenvalue weighted by molar-refractivity contribution is 7.98. The smallest absolute Gasteiger partial charge is 0.231 e. The molecule has 6 aromatic rings. The van der Waals surface area contributed by atoms with Crippen LogP contribution in [0.25, 0.3) is 55.0 Å². The van der Waals surface area contributed by atoms with Gasteiger partial charge >= 0.3 is 0 Å². The van der Waals surface area contributed by atoms with Gasteiger partial charge < -0.3 is 14.2 Å². The summed E-state index contributed by atoms with van der Waals surface area (Å²) in [4.78, 5) is 15.4. The molecule has 1 radical (unpaired) electrons. The Balaban J connectivity index is 1.58. The van der Waals surface area contributed by atoms with Gasteiger partial charge in [0.05, 0.1) is 24.0 Å². The van der Waals surface area contributed by atoms with E-state index in [4.69, 9.17) is 24.2 Å². The molecule has 1 aliphatic heterocycles. The van der Waals surface area contributed by atoms with Crippen molar-refractivity contribution < 1.29 is 14.2 Å². The van der Waals surface area contributed by atoms with Crippen LogP contribution in [0.1, 0.15) is 0 Å². The lowest BCUT2D eigenvalue weighted by Crippen LogP contribution is -1.98. The van der Waals surface area contributed by atoms with E-state index in [1.54, 1.807) is 24.6 Å². The van der Waals surface area contributed by atoms with E-state index in [1.165, 1.54) is 11.8 Å². The number of rotatable bonds is 6. The number of nitrogens with zero attached hydrogens (tertiary/aromatic N) is 3. The number of thioether (sulfide) groups is 1. The van der Waals surface area contributed by atoms with Gasteiger partial charge in [-0.1, -0.05) is 54.2 Å². The lowest BCUT2D eigenvalue weighted by Gasteiger charge is -2.19. The molecule has 40 heavy (non-hydrogen) atoms. The molecule has 0 saturated carbocycles. The summed E-state index contributed by atoms with van der Waals surface area (Å²) in [5.74, 6) is 2.12. The van der Waals surface area contributed by atoms with Crippen LogP contribution in [-0.4, -0.2) is 35.1 Å². The quantitative estimate of drug-likeness (QED) is 0.151. The summed E-state index contributed by atoms with van der Waals surface area (Å²) in [5.41, 5.74) is 7.12. The third kappa shape index (κ3) is 4.16. The standard InChI is InChI=1S/C32H22N3O3S2/c1-36-25-11-6-4-9-21(25)28-20-8-3-5-10-23(20)34-30(29(28)27-12-7-15-40-27)19-16-22(31-26(17-19)37-18-38-31)24-13-14-33-32(35-24)39-2/h3-9,11-17H,18H2,1-2H3. The van der Waals surface area contributed by atoms with Gasteiger partial charge in [-0.05, 0) is 42.0 Å². The maximum atomic E-state index is 5.92. The van der Waals surface area contributed by atoms with Gasteiger partial charge in [-0.25, -0.2) is 15.0 Å². The molecule has 0 amide bonds. The van der Waals surface area contributed by atoms with E-state index in [2.05, 4.69) is 46.8 Å². The molecule has 0 atom stereocenters. The van der Waals surface area contributed by atoms with E-state index in [-0.39, 0.29) is 6.79 Å². The Morgan fingerprint density at radius 3 is 2.73 bits per heavy atom. The number of aromatic nitrogens is 3. The predicted molar refractivity (Wildman–Crippen MR) is 160 cm³/mol. The zero-order valence-corrected chi connectivity index (χ0v) is 23.3. The van der Waals surface area contributed by atoms with Crippen LogP contribution in [-0.2, 0) is 0 Å². The summed E-state index contributed by atoms with van der Waals surface area (Å²) in [6.45, 7) is 0.148. The lowest BCUT2D eigenvalue weighted by atomic mass is 9.90. The summed E-state index contributed by atoms with van der Waals surface area (Å²) >= 11 is 3.17. The number of hydrogen-bond acceptors (Lipinski definition) is 8. The molecule has 195 valence electrons. The Morgan fingerprint density at radius 1 is 0.950 bits per heavy atom. The Kier molecular flexibility index (Phi) is 6.34.